The van der Waals surface area contributed by atoms with Crippen molar-refractivity contribution in [1.29, 1.82) is 0 Å². The van der Waals surface area contributed by atoms with Crippen LogP contribution in [0.2, 0.25) is 0 Å². The highest BCUT2D eigenvalue weighted by molar-refractivity contribution is 5.87. The normalized spacial score (nSPS) is 12.0. The number of alkyl halides is 1. The van der Waals surface area contributed by atoms with Gasteiger partial charge in [-0.1, -0.05) is 5.16 Å². The maximum absolute atomic E-state index is 13.6. The molecule has 0 spiro atoms. The fourth-order valence-electron chi connectivity index (χ4n) is 1.90. The zero-order chi connectivity index (χ0) is 15.6. The van der Waals surface area contributed by atoms with E-state index in [0.29, 0.717) is 22.6 Å². The fourth-order valence-corrected chi connectivity index (χ4v) is 1.90. The average molecular weight is 295 g/mol. The molecule has 0 aliphatic rings. The highest BCUT2D eigenvalue weighted by Gasteiger charge is 2.21. The Morgan fingerprint density at radius 3 is 2.52 bits per heavy atom. The number of carboxylic acids is 1. The van der Waals surface area contributed by atoms with Crippen molar-refractivity contribution in [2.24, 2.45) is 0 Å². The number of benzene rings is 1. The SMILES string of the molecule is COc1cc(C(C)F)cc(-c2cc(C(=O)O)no2)c1OC. The van der Waals surface area contributed by atoms with Crippen molar-refractivity contribution in [3.8, 4) is 22.8 Å². The predicted molar refractivity (Wildman–Crippen MR) is 71.5 cm³/mol. The number of aromatic nitrogens is 1. The predicted octanol–water partition coefficient (Wildman–Crippen LogP) is 3.09. The fraction of sp³-hybridized carbons (Fsp3) is 0.286. The van der Waals surface area contributed by atoms with E-state index in [1.807, 2.05) is 0 Å². The molecule has 0 amide bonds. The second kappa shape index (κ2) is 5.82. The van der Waals surface area contributed by atoms with E-state index in [1.54, 1.807) is 0 Å². The van der Waals surface area contributed by atoms with E-state index in [4.69, 9.17) is 19.1 Å². The molecule has 0 aliphatic carbocycles. The lowest BCUT2D eigenvalue weighted by Crippen LogP contribution is -1.97. The molecule has 1 heterocycles. The van der Waals surface area contributed by atoms with E-state index < -0.39 is 12.1 Å². The molecule has 21 heavy (non-hydrogen) atoms. The van der Waals surface area contributed by atoms with Crippen molar-refractivity contribution < 1.29 is 28.3 Å². The highest BCUT2D eigenvalue weighted by atomic mass is 19.1. The summed E-state index contributed by atoms with van der Waals surface area (Å²) in [5.74, 6) is -0.422. The molecular weight excluding hydrogens is 281 g/mol. The number of nitrogens with zero attached hydrogens (tertiary/aromatic N) is 1. The zero-order valence-corrected chi connectivity index (χ0v) is 11.7. The largest absolute Gasteiger partial charge is 0.493 e. The molecular formula is C14H14FNO5. The second-order valence-electron chi connectivity index (χ2n) is 4.30. The maximum atomic E-state index is 13.6. The van der Waals surface area contributed by atoms with Crippen LogP contribution in [0, 0.1) is 0 Å². The Kier molecular flexibility index (Phi) is 4.11. The lowest BCUT2D eigenvalue weighted by molar-refractivity contribution is 0.0686. The first-order valence-electron chi connectivity index (χ1n) is 6.08. The molecule has 0 bridgehead atoms. The van der Waals surface area contributed by atoms with Crippen LogP contribution in [0.3, 0.4) is 0 Å². The number of aromatic carboxylic acids is 1. The minimum Gasteiger partial charge on any atom is -0.493 e. The Labute approximate surface area is 120 Å². The summed E-state index contributed by atoms with van der Waals surface area (Å²) in [6.45, 7) is 1.38. The molecule has 1 aromatic heterocycles. The smallest absolute Gasteiger partial charge is 0.358 e. The number of rotatable bonds is 5. The topological polar surface area (TPSA) is 81.8 Å². The molecule has 0 fully saturated rings. The maximum Gasteiger partial charge on any atom is 0.358 e. The molecule has 0 saturated carbocycles. The summed E-state index contributed by atoms with van der Waals surface area (Å²) in [4.78, 5) is 10.9. The third-order valence-electron chi connectivity index (χ3n) is 2.96. The lowest BCUT2D eigenvalue weighted by atomic mass is 10.0. The van der Waals surface area contributed by atoms with Crippen LogP contribution in [0.4, 0.5) is 4.39 Å². The van der Waals surface area contributed by atoms with Crippen LogP contribution in [-0.2, 0) is 0 Å². The molecule has 2 aromatic rings. The Morgan fingerprint density at radius 2 is 2.05 bits per heavy atom. The average Bonchev–Trinajstić information content (AvgIpc) is 2.95. The van der Waals surface area contributed by atoms with E-state index in [2.05, 4.69) is 5.16 Å². The number of hydrogen-bond donors (Lipinski definition) is 1. The monoisotopic (exact) mass is 295 g/mol. The summed E-state index contributed by atoms with van der Waals surface area (Å²) in [7, 11) is 2.85. The van der Waals surface area contributed by atoms with Crippen molar-refractivity contribution in [3.05, 3.63) is 29.5 Å². The first-order valence-corrected chi connectivity index (χ1v) is 6.08. The van der Waals surface area contributed by atoms with Crippen molar-refractivity contribution in [2.75, 3.05) is 14.2 Å². The van der Waals surface area contributed by atoms with Gasteiger partial charge >= 0.3 is 5.97 Å². The molecule has 1 unspecified atom stereocenters. The molecule has 0 radical (unpaired) electrons. The van der Waals surface area contributed by atoms with Gasteiger partial charge in [0.25, 0.3) is 0 Å². The summed E-state index contributed by atoms with van der Waals surface area (Å²) >= 11 is 0. The van der Waals surface area contributed by atoms with E-state index in [-0.39, 0.29) is 11.5 Å². The van der Waals surface area contributed by atoms with E-state index in [9.17, 15) is 9.18 Å². The van der Waals surface area contributed by atoms with Gasteiger partial charge in [0.2, 0.25) is 0 Å². The van der Waals surface area contributed by atoms with Gasteiger partial charge in [-0.3, -0.25) is 0 Å². The standard InChI is InChI=1S/C14H14FNO5/c1-7(15)8-4-9(13(20-3)12(5-8)19-2)11-6-10(14(17)18)16-21-11/h4-7H,1-3H3,(H,17,18). The van der Waals surface area contributed by atoms with Crippen molar-refractivity contribution in [2.45, 2.75) is 13.1 Å². The van der Waals surface area contributed by atoms with Gasteiger partial charge in [-0.15, -0.1) is 0 Å². The molecule has 112 valence electrons. The number of ether oxygens (including phenoxy) is 2. The zero-order valence-electron chi connectivity index (χ0n) is 11.7. The molecule has 2 rings (SSSR count). The van der Waals surface area contributed by atoms with Crippen molar-refractivity contribution >= 4 is 5.97 Å². The Bertz CT molecular complexity index is 665. The van der Waals surface area contributed by atoms with E-state index in [0.717, 1.165) is 0 Å². The third-order valence-corrected chi connectivity index (χ3v) is 2.96. The Balaban J connectivity index is 2.63. The van der Waals surface area contributed by atoms with Gasteiger partial charge in [0.05, 0.1) is 19.8 Å². The van der Waals surface area contributed by atoms with Gasteiger partial charge in [-0.05, 0) is 24.6 Å². The van der Waals surface area contributed by atoms with Crippen LogP contribution >= 0.6 is 0 Å². The number of carbonyl (C=O) groups is 1. The second-order valence-corrected chi connectivity index (χ2v) is 4.30. The molecule has 1 atom stereocenters. The summed E-state index contributed by atoms with van der Waals surface area (Å²) in [6, 6.07) is 4.27. The highest BCUT2D eigenvalue weighted by Crippen LogP contribution is 2.41. The van der Waals surface area contributed by atoms with Crippen LogP contribution in [0.25, 0.3) is 11.3 Å². The van der Waals surface area contributed by atoms with Crippen LogP contribution < -0.4 is 9.47 Å². The third kappa shape index (κ3) is 2.81. The summed E-state index contributed by atoms with van der Waals surface area (Å²) in [5.41, 5.74) is 0.483. The summed E-state index contributed by atoms with van der Waals surface area (Å²) in [6.07, 6.45) is -1.23. The first-order chi connectivity index (χ1) is 9.97. The molecule has 1 aromatic carbocycles. The summed E-state index contributed by atoms with van der Waals surface area (Å²) < 4.78 is 29.0. The minimum absolute atomic E-state index is 0.157. The first kappa shape index (κ1) is 14.8. The number of halogens is 1. The van der Waals surface area contributed by atoms with Crippen LogP contribution in [0.5, 0.6) is 11.5 Å². The van der Waals surface area contributed by atoms with Crippen molar-refractivity contribution in [3.63, 3.8) is 0 Å². The van der Waals surface area contributed by atoms with Crippen LogP contribution in [-0.4, -0.2) is 30.5 Å². The Morgan fingerprint density at radius 1 is 1.33 bits per heavy atom. The van der Waals surface area contributed by atoms with Gasteiger partial charge in [0, 0.05) is 6.07 Å². The van der Waals surface area contributed by atoms with Gasteiger partial charge < -0.3 is 19.1 Å². The quantitative estimate of drug-likeness (QED) is 0.912. The minimum atomic E-state index is -1.23. The van der Waals surface area contributed by atoms with E-state index >= 15 is 0 Å². The molecule has 6 nitrogen and oxygen atoms in total. The van der Waals surface area contributed by atoms with Gasteiger partial charge in [-0.2, -0.15) is 0 Å². The Hall–Kier alpha value is -2.57. The summed E-state index contributed by atoms with van der Waals surface area (Å²) in [5, 5.41) is 12.3. The van der Waals surface area contributed by atoms with Gasteiger partial charge in [0.1, 0.15) is 6.17 Å². The molecule has 0 saturated heterocycles. The van der Waals surface area contributed by atoms with Crippen molar-refractivity contribution in [1.82, 2.24) is 5.16 Å². The molecule has 1 N–H and O–H groups in total. The molecule has 7 heteroatoms. The van der Waals surface area contributed by atoms with E-state index in [1.165, 1.54) is 39.3 Å². The van der Waals surface area contributed by atoms with Gasteiger partial charge in [0.15, 0.2) is 23.0 Å². The van der Waals surface area contributed by atoms with Gasteiger partial charge in [-0.25, -0.2) is 9.18 Å². The number of hydrogen-bond acceptors (Lipinski definition) is 5. The number of carboxylic acid groups (broad SMARTS) is 1. The lowest BCUT2D eigenvalue weighted by Gasteiger charge is -2.14. The van der Waals surface area contributed by atoms with Crippen LogP contribution in [0.1, 0.15) is 29.1 Å². The number of methoxy groups -OCH3 is 2. The molecule has 0 aliphatic heterocycles. The van der Waals surface area contributed by atoms with Crippen LogP contribution in [0.15, 0.2) is 22.7 Å².